The smallest absolute Gasteiger partial charge is 0.259 e. The summed E-state index contributed by atoms with van der Waals surface area (Å²) in [6.07, 6.45) is 0. The fraction of sp³-hybridized carbons (Fsp3) is 0.176. The quantitative estimate of drug-likeness (QED) is 0.784. The minimum Gasteiger partial charge on any atom is -0.490 e. The molecule has 0 fully saturated rings. The first-order chi connectivity index (χ1) is 11.1. The first-order valence-electron chi connectivity index (χ1n) is 6.87. The number of hydrogen-bond acceptors (Lipinski definition) is 4. The fourth-order valence-electron chi connectivity index (χ4n) is 1.91. The van der Waals surface area contributed by atoms with Gasteiger partial charge < -0.3 is 14.8 Å². The summed E-state index contributed by atoms with van der Waals surface area (Å²) in [5.41, 5.74) is 1.43. The van der Waals surface area contributed by atoms with Crippen LogP contribution in [-0.2, 0) is 4.74 Å². The highest BCUT2D eigenvalue weighted by molar-refractivity contribution is 9.10. The number of nitriles is 1. The van der Waals surface area contributed by atoms with E-state index in [9.17, 15) is 4.79 Å². The van der Waals surface area contributed by atoms with Crippen molar-refractivity contribution in [3.8, 4) is 11.8 Å². The predicted molar refractivity (Wildman–Crippen MR) is 90.6 cm³/mol. The average molecular weight is 375 g/mol. The van der Waals surface area contributed by atoms with Crippen molar-refractivity contribution >= 4 is 27.5 Å². The lowest BCUT2D eigenvalue weighted by Crippen LogP contribution is -2.15. The van der Waals surface area contributed by atoms with Crippen molar-refractivity contribution in [3.05, 3.63) is 58.1 Å². The summed E-state index contributed by atoms with van der Waals surface area (Å²) in [6, 6.07) is 14.0. The van der Waals surface area contributed by atoms with E-state index in [1.54, 1.807) is 49.6 Å². The molecule has 1 N–H and O–H groups in total. The van der Waals surface area contributed by atoms with E-state index < -0.39 is 0 Å². The zero-order chi connectivity index (χ0) is 16.7. The van der Waals surface area contributed by atoms with E-state index in [1.807, 2.05) is 6.07 Å². The number of carbonyl (C=O) groups excluding carboxylic acids is 1. The molecule has 0 spiro atoms. The number of methoxy groups -OCH3 is 1. The molecule has 0 saturated carbocycles. The van der Waals surface area contributed by atoms with Crippen LogP contribution in [0.3, 0.4) is 0 Å². The van der Waals surface area contributed by atoms with Gasteiger partial charge in [0.15, 0.2) is 0 Å². The highest BCUT2D eigenvalue weighted by Crippen LogP contribution is 2.24. The second-order valence-corrected chi connectivity index (χ2v) is 5.54. The molecule has 0 bridgehead atoms. The molecule has 23 heavy (non-hydrogen) atoms. The molecule has 0 aliphatic rings. The van der Waals surface area contributed by atoms with Crippen LogP contribution in [0.4, 0.5) is 5.69 Å². The van der Waals surface area contributed by atoms with Crippen LogP contribution in [-0.4, -0.2) is 26.2 Å². The van der Waals surface area contributed by atoms with Crippen molar-refractivity contribution in [3.63, 3.8) is 0 Å². The zero-order valence-corrected chi connectivity index (χ0v) is 14.1. The average Bonchev–Trinajstić information content (AvgIpc) is 2.56. The molecule has 0 radical (unpaired) electrons. The fourth-order valence-corrected chi connectivity index (χ4v) is 2.27. The van der Waals surface area contributed by atoms with E-state index in [0.717, 1.165) is 4.47 Å². The van der Waals surface area contributed by atoms with Gasteiger partial charge in [-0.2, -0.15) is 5.26 Å². The van der Waals surface area contributed by atoms with Crippen molar-refractivity contribution < 1.29 is 14.3 Å². The molecule has 2 rings (SSSR count). The van der Waals surface area contributed by atoms with E-state index in [1.165, 1.54) is 0 Å². The number of halogens is 1. The molecule has 0 unspecified atom stereocenters. The standard InChI is InChI=1S/C17H15BrN2O3/c1-22-7-8-23-16-6-5-13(18)10-15(16)17(21)20-14-4-2-3-12(9-14)11-19/h2-6,9-10H,7-8H2,1H3,(H,20,21). The molecule has 5 nitrogen and oxygen atoms in total. The third-order valence-electron chi connectivity index (χ3n) is 2.98. The van der Waals surface area contributed by atoms with Gasteiger partial charge in [-0.05, 0) is 36.4 Å². The number of rotatable bonds is 6. The summed E-state index contributed by atoms with van der Waals surface area (Å²) < 4.78 is 11.3. The van der Waals surface area contributed by atoms with Crippen molar-refractivity contribution in [2.45, 2.75) is 0 Å². The monoisotopic (exact) mass is 374 g/mol. The number of hydrogen-bond donors (Lipinski definition) is 1. The van der Waals surface area contributed by atoms with Crippen LogP contribution in [0.1, 0.15) is 15.9 Å². The highest BCUT2D eigenvalue weighted by Gasteiger charge is 2.14. The Morgan fingerprint density at radius 3 is 2.83 bits per heavy atom. The van der Waals surface area contributed by atoms with E-state index in [4.69, 9.17) is 14.7 Å². The maximum Gasteiger partial charge on any atom is 0.259 e. The number of nitrogens with one attached hydrogen (secondary N) is 1. The van der Waals surface area contributed by atoms with Gasteiger partial charge in [0.25, 0.3) is 5.91 Å². The third kappa shape index (κ3) is 4.81. The molecule has 0 atom stereocenters. The Balaban J connectivity index is 2.20. The van der Waals surface area contributed by atoms with Gasteiger partial charge in [0, 0.05) is 17.3 Å². The molecule has 0 aliphatic carbocycles. The Bertz CT molecular complexity index is 741. The predicted octanol–water partition coefficient (Wildman–Crippen LogP) is 3.60. The molecule has 2 aromatic carbocycles. The summed E-state index contributed by atoms with van der Waals surface area (Å²) >= 11 is 3.35. The van der Waals surface area contributed by atoms with E-state index in [2.05, 4.69) is 21.2 Å². The number of nitrogens with zero attached hydrogens (tertiary/aromatic N) is 1. The first kappa shape index (κ1) is 17.0. The number of anilines is 1. The lowest BCUT2D eigenvalue weighted by Gasteiger charge is -2.12. The Morgan fingerprint density at radius 1 is 1.26 bits per heavy atom. The summed E-state index contributed by atoms with van der Waals surface area (Å²) in [7, 11) is 1.58. The van der Waals surface area contributed by atoms with E-state index >= 15 is 0 Å². The molecule has 0 heterocycles. The Morgan fingerprint density at radius 2 is 2.09 bits per heavy atom. The van der Waals surface area contributed by atoms with Crippen LogP contribution < -0.4 is 10.1 Å². The summed E-state index contributed by atoms with van der Waals surface area (Å²) in [5.74, 6) is 0.160. The molecule has 6 heteroatoms. The Hall–Kier alpha value is -2.36. The second-order valence-electron chi connectivity index (χ2n) is 4.63. The van der Waals surface area contributed by atoms with Gasteiger partial charge in [-0.15, -0.1) is 0 Å². The SMILES string of the molecule is COCCOc1ccc(Br)cc1C(=O)Nc1cccc(C#N)c1. The van der Waals surface area contributed by atoms with Crippen LogP contribution in [0.5, 0.6) is 5.75 Å². The van der Waals surface area contributed by atoms with Gasteiger partial charge in [-0.3, -0.25) is 4.79 Å². The second kappa shape index (κ2) is 8.32. The molecule has 0 saturated heterocycles. The summed E-state index contributed by atoms with van der Waals surface area (Å²) in [5, 5.41) is 11.7. The van der Waals surface area contributed by atoms with E-state index in [-0.39, 0.29) is 5.91 Å². The number of ether oxygens (including phenoxy) is 2. The minimum atomic E-state index is -0.311. The van der Waals surface area contributed by atoms with Gasteiger partial charge >= 0.3 is 0 Å². The van der Waals surface area contributed by atoms with Crippen molar-refractivity contribution in [1.29, 1.82) is 5.26 Å². The summed E-state index contributed by atoms with van der Waals surface area (Å²) in [6.45, 7) is 0.781. The molecular formula is C17H15BrN2O3. The zero-order valence-electron chi connectivity index (χ0n) is 12.5. The van der Waals surface area contributed by atoms with Gasteiger partial charge in [0.1, 0.15) is 12.4 Å². The van der Waals surface area contributed by atoms with Crippen molar-refractivity contribution in [2.24, 2.45) is 0 Å². The normalized spacial score (nSPS) is 9.96. The van der Waals surface area contributed by atoms with Gasteiger partial charge in [0.05, 0.1) is 23.8 Å². The van der Waals surface area contributed by atoms with Crippen LogP contribution in [0.15, 0.2) is 46.9 Å². The van der Waals surface area contributed by atoms with Crippen LogP contribution in [0.25, 0.3) is 0 Å². The molecule has 118 valence electrons. The minimum absolute atomic E-state index is 0.311. The summed E-state index contributed by atoms with van der Waals surface area (Å²) in [4.78, 5) is 12.5. The maximum absolute atomic E-state index is 12.5. The number of amides is 1. The first-order valence-corrected chi connectivity index (χ1v) is 7.66. The van der Waals surface area contributed by atoms with Gasteiger partial charge in [-0.25, -0.2) is 0 Å². The third-order valence-corrected chi connectivity index (χ3v) is 3.47. The van der Waals surface area contributed by atoms with Crippen LogP contribution in [0.2, 0.25) is 0 Å². The molecule has 1 amide bonds. The van der Waals surface area contributed by atoms with E-state index in [0.29, 0.717) is 35.8 Å². The van der Waals surface area contributed by atoms with Gasteiger partial charge in [-0.1, -0.05) is 22.0 Å². The van der Waals surface area contributed by atoms with Gasteiger partial charge in [0.2, 0.25) is 0 Å². The molecule has 2 aromatic rings. The highest BCUT2D eigenvalue weighted by atomic mass is 79.9. The largest absolute Gasteiger partial charge is 0.490 e. The van der Waals surface area contributed by atoms with Crippen molar-refractivity contribution in [2.75, 3.05) is 25.6 Å². The maximum atomic E-state index is 12.5. The molecule has 0 aromatic heterocycles. The lowest BCUT2D eigenvalue weighted by molar-refractivity contribution is 0.101. The van der Waals surface area contributed by atoms with Crippen molar-refractivity contribution in [1.82, 2.24) is 0 Å². The topological polar surface area (TPSA) is 71.3 Å². The number of carbonyl (C=O) groups is 1. The molecule has 0 aliphatic heterocycles. The molecular weight excluding hydrogens is 360 g/mol. The Kier molecular flexibility index (Phi) is 6.15. The Labute approximate surface area is 143 Å². The number of benzene rings is 2. The van der Waals surface area contributed by atoms with Crippen LogP contribution >= 0.6 is 15.9 Å². The lowest BCUT2D eigenvalue weighted by atomic mass is 10.1. The van der Waals surface area contributed by atoms with Crippen LogP contribution in [0, 0.1) is 11.3 Å².